The number of ether oxygens (including phenoxy) is 2. The zero-order valence-electron chi connectivity index (χ0n) is 10.2. The van der Waals surface area contributed by atoms with Crippen LogP contribution in [0.1, 0.15) is 12.0 Å². The molecule has 0 aliphatic carbocycles. The Bertz CT molecular complexity index is 562. The molecule has 1 aromatic rings. The molecule has 1 heterocycles. The van der Waals surface area contributed by atoms with Gasteiger partial charge >= 0.3 is 0 Å². The number of fused-ring (bicyclic) bond motifs is 1. The number of rotatable bonds is 6. The summed E-state index contributed by atoms with van der Waals surface area (Å²) in [5.74, 6) is 1.18. The highest BCUT2D eigenvalue weighted by Gasteiger charge is 2.17. The minimum absolute atomic E-state index is 0.0259. The number of nitrogens with two attached hydrogens (primary N) is 1. The molecule has 19 heavy (non-hydrogen) atoms. The number of hydrogen-bond acceptors (Lipinski definition) is 5. The van der Waals surface area contributed by atoms with Crippen molar-refractivity contribution in [3.05, 3.63) is 22.7 Å². The molecular weight excluding hydrogens is 292 g/mol. The van der Waals surface area contributed by atoms with Gasteiger partial charge in [-0.15, -0.1) is 0 Å². The van der Waals surface area contributed by atoms with Gasteiger partial charge < -0.3 is 14.8 Å². The van der Waals surface area contributed by atoms with Crippen molar-refractivity contribution in [3.63, 3.8) is 0 Å². The van der Waals surface area contributed by atoms with E-state index in [1.165, 1.54) is 0 Å². The first-order valence-electron chi connectivity index (χ1n) is 5.75. The molecule has 0 fully saturated rings. The molecule has 1 aromatic carbocycles. The Morgan fingerprint density at radius 1 is 1.37 bits per heavy atom. The van der Waals surface area contributed by atoms with Crippen LogP contribution in [0.25, 0.3) is 0 Å². The topological polar surface area (TPSA) is 90.7 Å². The van der Waals surface area contributed by atoms with Crippen LogP contribution in [-0.4, -0.2) is 27.5 Å². The van der Waals surface area contributed by atoms with Gasteiger partial charge in [-0.3, -0.25) is 0 Å². The molecule has 0 atom stereocenters. The van der Waals surface area contributed by atoms with Gasteiger partial charge in [-0.05, 0) is 30.7 Å². The van der Waals surface area contributed by atoms with Gasteiger partial charge in [0.05, 0.1) is 10.8 Å². The number of halogens is 1. The summed E-state index contributed by atoms with van der Waals surface area (Å²) in [7, 11) is -3.38. The van der Waals surface area contributed by atoms with Crippen LogP contribution in [0.3, 0.4) is 0 Å². The zero-order chi connectivity index (χ0) is 13.9. The molecule has 0 spiro atoms. The van der Waals surface area contributed by atoms with Gasteiger partial charge in [0.2, 0.25) is 16.8 Å². The van der Waals surface area contributed by atoms with Crippen molar-refractivity contribution in [1.82, 2.24) is 5.32 Å². The summed E-state index contributed by atoms with van der Waals surface area (Å²) in [6, 6.07) is 3.64. The molecule has 2 rings (SSSR count). The first-order valence-corrected chi connectivity index (χ1v) is 7.84. The Hall–Kier alpha value is -1.02. The predicted molar refractivity (Wildman–Crippen MR) is 71.9 cm³/mol. The van der Waals surface area contributed by atoms with Crippen molar-refractivity contribution in [2.24, 2.45) is 5.14 Å². The second-order valence-electron chi connectivity index (χ2n) is 4.21. The fraction of sp³-hybridized carbons (Fsp3) is 0.455. The van der Waals surface area contributed by atoms with Crippen LogP contribution in [0, 0.1) is 0 Å². The quantitative estimate of drug-likeness (QED) is 0.760. The van der Waals surface area contributed by atoms with Gasteiger partial charge in [-0.25, -0.2) is 13.6 Å². The van der Waals surface area contributed by atoms with Gasteiger partial charge in [0.25, 0.3) is 0 Å². The van der Waals surface area contributed by atoms with Crippen LogP contribution >= 0.6 is 11.6 Å². The lowest BCUT2D eigenvalue weighted by molar-refractivity contribution is 0.174. The molecule has 0 bridgehead atoms. The van der Waals surface area contributed by atoms with Gasteiger partial charge in [-0.1, -0.05) is 11.6 Å². The summed E-state index contributed by atoms with van der Waals surface area (Å²) < 4.78 is 31.9. The van der Waals surface area contributed by atoms with Gasteiger partial charge in [0, 0.05) is 6.54 Å². The van der Waals surface area contributed by atoms with Gasteiger partial charge in [-0.2, -0.15) is 0 Å². The SMILES string of the molecule is NS(=O)(=O)CCCNCc1cc(Cl)c2c(c1)OCO2. The van der Waals surface area contributed by atoms with E-state index in [1.807, 2.05) is 6.07 Å². The van der Waals surface area contributed by atoms with E-state index in [1.54, 1.807) is 6.07 Å². The van der Waals surface area contributed by atoms with Gasteiger partial charge in [0.15, 0.2) is 11.5 Å². The third kappa shape index (κ3) is 4.24. The summed E-state index contributed by atoms with van der Waals surface area (Å²) in [4.78, 5) is 0. The lowest BCUT2D eigenvalue weighted by Crippen LogP contribution is -2.22. The molecule has 0 aromatic heterocycles. The molecule has 0 amide bonds. The van der Waals surface area contributed by atoms with Crippen LogP contribution in [0.2, 0.25) is 5.02 Å². The Balaban J connectivity index is 1.82. The van der Waals surface area contributed by atoms with Crippen molar-refractivity contribution in [2.75, 3.05) is 19.1 Å². The Morgan fingerprint density at radius 3 is 2.89 bits per heavy atom. The van der Waals surface area contributed by atoms with E-state index in [9.17, 15) is 8.42 Å². The third-order valence-corrected chi connectivity index (χ3v) is 3.74. The maximum Gasteiger partial charge on any atom is 0.231 e. The fourth-order valence-electron chi connectivity index (χ4n) is 1.75. The number of nitrogens with one attached hydrogen (secondary N) is 1. The summed E-state index contributed by atoms with van der Waals surface area (Å²) in [6.45, 7) is 1.31. The first-order chi connectivity index (χ1) is 8.96. The van der Waals surface area contributed by atoms with Crippen LogP contribution < -0.4 is 19.9 Å². The van der Waals surface area contributed by atoms with Crippen molar-refractivity contribution < 1.29 is 17.9 Å². The highest BCUT2D eigenvalue weighted by atomic mass is 35.5. The van der Waals surface area contributed by atoms with Crippen LogP contribution in [0.4, 0.5) is 0 Å². The van der Waals surface area contributed by atoms with E-state index in [0.717, 1.165) is 5.56 Å². The molecule has 1 aliphatic heterocycles. The Morgan fingerprint density at radius 2 is 2.16 bits per heavy atom. The smallest absolute Gasteiger partial charge is 0.231 e. The average molecular weight is 307 g/mol. The molecule has 1 aliphatic rings. The number of primary sulfonamides is 1. The highest BCUT2D eigenvalue weighted by molar-refractivity contribution is 7.89. The Labute approximate surface area is 116 Å². The van der Waals surface area contributed by atoms with Crippen LogP contribution in [0.15, 0.2) is 12.1 Å². The van der Waals surface area contributed by atoms with E-state index >= 15 is 0 Å². The first kappa shape index (κ1) is 14.4. The van der Waals surface area contributed by atoms with Crippen molar-refractivity contribution >= 4 is 21.6 Å². The van der Waals surface area contributed by atoms with E-state index in [4.69, 9.17) is 26.2 Å². The van der Waals surface area contributed by atoms with E-state index < -0.39 is 10.0 Å². The summed E-state index contributed by atoms with van der Waals surface area (Å²) >= 11 is 6.05. The lowest BCUT2D eigenvalue weighted by Gasteiger charge is -2.07. The van der Waals surface area contributed by atoms with Crippen LogP contribution in [-0.2, 0) is 16.6 Å². The molecule has 106 valence electrons. The number of hydrogen-bond donors (Lipinski definition) is 2. The molecule has 0 unspecified atom stereocenters. The largest absolute Gasteiger partial charge is 0.454 e. The highest BCUT2D eigenvalue weighted by Crippen LogP contribution is 2.39. The van der Waals surface area contributed by atoms with Crippen molar-refractivity contribution in [2.45, 2.75) is 13.0 Å². The second-order valence-corrected chi connectivity index (χ2v) is 6.35. The molecule has 0 saturated carbocycles. The van der Waals surface area contributed by atoms with Crippen molar-refractivity contribution in [3.8, 4) is 11.5 Å². The number of sulfonamides is 1. The maximum absolute atomic E-state index is 10.7. The van der Waals surface area contributed by atoms with E-state index in [-0.39, 0.29) is 12.5 Å². The zero-order valence-corrected chi connectivity index (χ0v) is 11.8. The minimum atomic E-state index is -3.38. The molecular formula is C11H15ClN2O4S. The summed E-state index contributed by atoms with van der Waals surface area (Å²) in [5, 5.41) is 8.53. The van der Waals surface area contributed by atoms with E-state index in [2.05, 4.69) is 5.32 Å². The molecule has 8 heteroatoms. The minimum Gasteiger partial charge on any atom is -0.454 e. The standard InChI is InChI=1S/C11H15ClN2O4S/c12-9-4-8(5-10-11(9)18-7-17-10)6-14-2-1-3-19(13,15)16/h4-5,14H,1-3,6-7H2,(H2,13,15,16). The Kier molecular flexibility index (Phi) is 4.51. The van der Waals surface area contributed by atoms with Gasteiger partial charge in [0.1, 0.15) is 0 Å². The maximum atomic E-state index is 10.7. The lowest BCUT2D eigenvalue weighted by atomic mass is 10.2. The molecule has 0 saturated heterocycles. The van der Waals surface area contributed by atoms with E-state index in [0.29, 0.717) is 36.0 Å². The molecule has 3 N–H and O–H groups in total. The average Bonchev–Trinajstić information content (AvgIpc) is 2.75. The van der Waals surface area contributed by atoms with Crippen molar-refractivity contribution in [1.29, 1.82) is 0 Å². The predicted octanol–water partition coefficient (Wildman–Crippen LogP) is 0.837. The molecule has 0 radical (unpaired) electrons. The second kappa shape index (κ2) is 5.96. The number of benzene rings is 1. The third-order valence-electron chi connectivity index (χ3n) is 2.60. The van der Waals surface area contributed by atoms with Crippen LogP contribution in [0.5, 0.6) is 11.5 Å². The fourth-order valence-corrected chi connectivity index (χ4v) is 2.59. The summed E-state index contributed by atoms with van der Waals surface area (Å²) in [6.07, 6.45) is 0.469. The molecule has 6 nitrogen and oxygen atoms in total. The summed E-state index contributed by atoms with van der Waals surface area (Å²) in [5.41, 5.74) is 0.949. The normalized spacial score (nSPS) is 13.8. The monoisotopic (exact) mass is 306 g/mol.